The fraction of sp³-hybridized carbons (Fsp3) is 0.611. The first-order valence-corrected chi connectivity index (χ1v) is 9.61. The number of ether oxygens (including phenoxy) is 1. The minimum atomic E-state index is -0.779. The van der Waals surface area contributed by atoms with E-state index in [0.29, 0.717) is 0 Å². The summed E-state index contributed by atoms with van der Waals surface area (Å²) >= 11 is 1.66. The van der Waals surface area contributed by atoms with Crippen LogP contribution < -0.4 is 0 Å². The molecule has 0 unspecified atom stereocenters. The number of aliphatic carboxylic acids is 1. The van der Waals surface area contributed by atoms with E-state index in [1.54, 1.807) is 11.8 Å². The highest BCUT2D eigenvalue weighted by Crippen LogP contribution is 2.27. The summed E-state index contributed by atoms with van der Waals surface area (Å²) in [5, 5.41) is 9.69. The Bertz CT molecular complexity index is 514. The van der Waals surface area contributed by atoms with Gasteiger partial charge in [0.25, 0.3) is 0 Å². The van der Waals surface area contributed by atoms with Gasteiger partial charge in [0.2, 0.25) is 0 Å². The van der Waals surface area contributed by atoms with Gasteiger partial charge in [-0.15, -0.1) is 11.8 Å². The van der Waals surface area contributed by atoms with Crippen LogP contribution in [0.5, 0.6) is 0 Å². The third-order valence-corrected chi connectivity index (χ3v) is 5.14. The highest BCUT2D eigenvalue weighted by atomic mass is 32.2. The van der Waals surface area contributed by atoms with E-state index in [2.05, 4.69) is 9.80 Å². The number of hydrogen-bond acceptors (Lipinski definition) is 5. The van der Waals surface area contributed by atoms with Crippen LogP contribution in [0.4, 0.5) is 0 Å². The number of piperidine rings is 1. The Morgan fingerprint density at radius 2 is 1.96 bits per heavy atom. The maximum absolute atomic E-state index is 11.8. The molecule has 1 heterocycles. The normalized spacial score (nSPS) is 18.0. The molecule has 24 heavy (non-hydrogen) atoms. The van der Waals surface area contributed by atoms with E-state index < -0.39 is 12.0 Å². The lowest BCUT2D eigenvalue weighted by atomic mass is 10.0. The molecule has 0 radical (unpaired) electrons. The molecule has 1 aliphatic heterocycles. The van der Waals surface area contributed by atoms with Crippen LogP contribution in [0.2, 0.25) is 0 Å². The molecular weight excluding hydrogens is 324 g/mol. The van der Waals surface area contributed by atoms with E-state index >= 15 is 0 Å². The molecule has 1 N–H and O–H groups in total. The van der Waals surface area contributed by atoms with Crippen molar-refractivity contribution in [2.24, 2.45) is 0 Å². The average molecular weight is 353 g/mol. The Morgan fingerprint density at radius 3 is 2.46 bits per heavy atom. The summed E-state index contributed by atoms with van der Waals surface area (Å²) in [5.41, 5.74) is 0.854. The number of thioether (sulfide) groups is 1. The van der Waals surface area contributed by atoms with E-state index in [1.165, 1.54) is 0 Å². The van der Waals surface area contributed by atoms with E-state index in [0.717, 1.165) is 49.5 Å². The molecular formula is C18H28N2O3S. The summed E-state index contributed by atoms with van der Waals surface area (Å²) in [6, 6.07) is 7.29. The molecule has 0 saturated carbocycles. The number of likely N-dealkylation sites (N-methyl/N-ethyl adjacent to an activating group) is 1. The molecule has 1 aliphatic rings. The van der Waals surface area contributed by atoms with Crippen molar-refractivity contribution in [2.75, 3.05) is 46.6 Å². The SMILES string of the molecule is CSc1ccc([C@@H](C(=O)O)N2CCC(OCCN(C)C)CC2)cc1. The van der Waals surface area contributed by atoms with Crippen LogP contribution in [-0.4, -0.2) is 73.6 Å². The van der Waals surface area contributed by atoms with Crippen molar-refractivity contribution in [3.05, 3.63) is 29.8 Å². The molecule has 0 amide bonds. The first kappa shape index (κ1) is 19.2. The van der Waals surface area contributed by atoms with Crippen LogP contribution in [0.1, 0.15) is 24.4 Å². The van der Waals surface area contributed by atoms with E-state index in [-0.39, 0.29) is 6.10 Å². The Hall–Kier alpha value is -1.08. The van der Waals surface area contributed by atoms with Crippen molar-refractivity contribution in [2.45, 2.75) is 29.9 Å². The fourth-order valence-electron chi connectivity index (χ4n) is 3.00. The van der Waals surface area contributed by atoms with Crippen LogP contribution in [0, 0.1) is 0 Å². The molecule has 1 atom stereocenters. The summed E-state index contributed by atoms with van der Waals surface area (Å²) < 4.78 is 5.90. The van der Waals surface area contributed by atoms with Gasteiger partial charge in [-0.05, 0) is 50.9 Å². The van der Waals surface area contributed by atoms with Gasteiger partial charge in [-0.1, -0.05) is 12.1 Å². The summed E-state index contributed by atoms with van der Waals surface area (Å²) in [6.07, 6.45) is 4.04. The average Bonchev–Trinajstić information content (AvgIpc) is 2.56. The number of hydrogen-bond donors (Lipinski definition) is 1. The smallest absolute Gasteiger partial charge is 0.325 e. The lowest BCUT2D eigenvalue weighted by molar-refractivity contribution is -0.144. The van der Waals surface area contributed by atoms with Crippen molar-refractivity contribution < 1.29 is 14.6 Å². The first-order valence-electron chi connectivity index (χ1n) is 8.38. The van der Waals surface area contributed by atoms with Crippen molar-refractivity contribution in [3.63, 3.8) is 0 Å². The van der Waals surface area contributed by atoms with Crippen LogP contribution in [0.25, 0.3) is 0 Å². The van der Waals surface area contributed by atoms with Crippen molar-refractivity contribution >= 4 is 17.7 Å². The fourth-order valence-corrected chi connectivity index (χ4v) is 3.41. The predicted molar refractivity (Wildman–Crippen MR) is 97.7 cm³/mol. The first-order chi connectivity index (χ1) is 11.5. The highest BCUT2D eigenvalue weighted by Gasteiger charge is 2.31. The van der Waals surface area contributed by atoms with Gasteiger partial charge in [0, 0.05) is 24.5 Å². The summed E-state index contributed by atoms with van der Waals surface area (Å²) in [5.74, 6) is -0.779. The molecule has 6 heteroatoms. The Balaban J connectivity index is 1.92. The highest BCUT2D eigenvalue weighted by molar-refractivity contribution is 7.98. The van der Waals surface area contributed by atoms with Crippen molar-refractivity contribution in [3.8, 4) is 0 Å². The summed E-state index contributed by atoms with van der Waals surface area (Å²) in [7, 11) is 4.07. The number of nitrogens with zero attached hydrogens (tertiary/aromatic N) is 2. The lowest BCUT2D eigenvalue weighted by Gasteiger charge is -2.35. The molecule has 1 saturated heterocycles. The van der Waals surface area contributed by atoms with Crippen LogP contribution >= 0.6 is 11.8 Å². The van der Waals surface area contributed by atoms with Gasteiger partial charge in [0.05, 0.1) is 12.7 Å². The van der Waals surface area contributed by atoms with Crippen LogP contribution in [-0.2, 0) is 9.53 Å². The quantitative estimate of drug-likeness (QED) is 0.726. The Morgan fingerprint density at radius 1 is 1.33 bits per heavy atom. The second kappa shape index (κ2) is 9.42. The molecule has 2 rings (SSSR count). The molecule has 0 spiro atoms. The molecule has 0 aromatic heterocycles. The van der Waals surface area contributed by atoms with Gasteiger partial charge in [0.15, 0.2) is 0 Å². The van der Waals surface area contributed by atoms with Crippen LogP contribution in [0.3, 0.4) is 0 Å². The number of rotatable bonds is 8. The van der Waals surface area contributed by atoms with Gasteiger partial charge >= 0.3 is 5.97 Å². The number of benzene rings is 1. The maximum Gasteiger partial charge on any atom is 0.325 e. The number of carboxylic acid groups (broad SMARTS) is 1. The van der Waals surface area contributed by atoms with Gasteiger partial charge in [-0.3, -0.25) is 9.69 Å². The zero-order valence-corrected chi connectivity index (χ0v) is 15.6. The molecule has 0 bridgehead atoms. The molecule has 1 fully saturated rings. The number of likely N-dealkylation sites (tertiary alicyclic amines) is 1. The standard InChI is InChI=1S/C18H28N2O3S/c1-19(2)12-13-23-15-8-10-20(11-9-15)17(18(21)22)14-4-6-16(24-3)7-5-14/h4-7,15,17H,8-13H2,1-3H3,(H,21,22)/t17-/m0/s1. The summed E-state index contributed by atoms with van der Waals surface area (Å²) in [4.78, 5) is 17.1. The third kappa shape index (κ3) is 5.48. The van der Waals surface area contributed by atoms with Crippen molar-refractivity contribution in [1.82, 2.24) is 9.80 Å². The lowest BCUT2D eigenvalue weighted by Crippen LogP contribution is -2.42. The third-order valence-electron chi connectivity index (χ3n) is 4.40. The Kier molecular flexibility index (Phi) is 7.55. The topological polar surface area (TPSA) is 53.0 Å². The van der Waals surface area contributed by atoms with Crippen molar-refractivity contribution in [1.29, 1.82) is 0 Å². The zero-order chi connectivity index (χ0) is 17.5. The van der Waals surface area contributed by atoms with Gasteiger partial charge in [0.1, 0.15) is 6.04 Å². The van der Waals surface area contributed by atoms with E-state index in [4.69, 9.17) is 4.74 Å². The van der Waals surface area contributed by atoms with E-state index in [1.807, 2.05) is 44.6 Å². The minimum absolute atomic E-state index is 0.245. The second-order valence-corrected chi connectivity index (χ2v) is 7.30. The Labute approximate surface area is 149 Å². The molecule has 1 aromatic rings. The molecule has 134 valence electrons. The number of carbonyl (C=O) groups is 1. The number of carboxylic acids is 1. The molecule has 0 aliphatic carbocycles. The molecule has 5 nitrogen and oxygen atoms in total. The maximum atomic E-state index is 11.8. The molecule has 1 aromatic carbocycles. The second-order valence-electron chi connectivity index (χ2n) is 6.42. The van der Waals surface area contributed by atoms with E-state index in [9.17, 15) is 9.90 Å². The summed E-state index contributed by atoms with van der Waals surface area (Å²) in [6.45, 7) is 3.16. The van der Waals surface area contributed by atoms with Gasteiger partial charge < -0.3 is 14.7 Å². The van der Waals surface area contributed by atoms with Gasteiger partial charge in [-0.25, -0.2) is 0 Å². The zero-order valence-electron chi connectivity index (χ0n) is 14.8. The van der Waals surface area contributed by atoms with Gasteiger partial charge in [-0.2, -0.15) is 0 Å². The predicted octanol–water partition coefficient (Wildman–Crippen LogP) is 2.58. The monoisotopic (exact) mass is 352 g/mol. The minimum Gasteiger partial charge on any atom is -0.480 e. The van der Waals surface area contributed by atoms with Crippen LogP contribution in [0.15, 0.2) is 29.2 Å². The largest absolute Gasteiger partial charge is 0.480 e.